The lowest BCUT2D eigenvalue weighted by atomic mass is 10.1. The maximum atomic E-state index is 12.5. The highest BCUT2D eigenvalue weighted by Gasteiger charge is 2.15. The van der Waals surface area contributed by atoms with E-state index in [9.17, 15) is 4.79 Å². The zero-order valence-corrected chi connectivity index (χ0v) is 12.1. The van der Waals surface area contributed by atoms with Crippen LogP contribution in [0.3, 0.4) is 0 Å². The van der Waals surface area contributed by atoms with E-state index in [1.807, 2.05) is 25.1 Å². The SMILES string of the molecule is CNc1ccncc1C(=O)N(C)Cc1cccc(C)c1. The molecule has 0 unspecified atom stereocenters. The number of hydrogen-bond acceptors (Lipinski definition) is 3. The highest BCUT2D eigenvalue weighted by Crippen LogP contribution is 2.16. The van der Waals surface area contributed by atoms with Gasteiger partial charge in [-0.05, 0) is 18.6 Å². The topological polar surface area (TPSA) is 45.2 Å². The summed E-state index contributed by atoms with van der Waals surface area (Å²) in [5.74, 6) is -0.0380. The number of benzene rings is 1. The van der Waals surface area contributed by atoms with Crippen molar-refractivity contribution >= 4 is 11.6 Å². The van der Waals surface area contributed by atoms with E-state index < -0.39 is 0 Å². The lowest BCUT2D eigenvalue weighted by Gasteiger charge is -2.19. The molecule has 0 bridgehead atoms. The molecule has 0 atom stereocenters. The fourth-order valence-corrected chi connectivity index (χ4v) is 2.14. The Morgan fingerprint density at radius 2 is 2.15 bits per heavy atom. The first-order chi connectivity index (χ1) is 9.61. The minimum Gasteiger partial charge on any atom is -0.387 e. The fourth-order valence-electron chi connectivity index (χ4n) is 2.14. The second-order valence-corrected chi connectivity index (χ2v) is 4.82. The third kappa shape index (κ3) is 3.15. The van der Waals surface area contributed by atoms with Gasteiger partial charge in [0.15, 0.2) is 0 Å². The van der Waals surface area contributed by atoms with Gasteiger partial charge in [-0.25, -0.2) is 0 Å². The molecule has 0 saturated carbocycles. The second-order valence-electron chi connectivity index (χ2n) is 4.82. The molecule has 20 heavy (non-hydrogen) atoms. The fraction of sp³-hybridized carbons (Fsp3) is 0.250. The molecule has 0 radical (unpaired) electrons. The number of hydrogen-bond donors (Lipinski definition) is 1. The normalized spacial score (nSPS) is 10.2. The molecule has 2 rings (SSSR count). The molecule has 2 aromatic rings. The summed E-state index contributed by atoms with van der Waals surface area (Å²) in [6.45, 7) is 2.63. The Kier molecular flexibility index (Phi) is 4.35. The van der Waals surface area contributed by atoms with E-state index >= 15 is 0 Å². The Labute approximate surface area is 119 Å². The first-order valence-corrected chi connectivity index (χ1v) is 6.54. The predicted molar refractivity (Wildman–Crippen MR) is 80.8 cm³/mol. The highest BCUT2D eigenvalue weighted by atomic mass is 16.2. The van der Waals surface area contributed by atoms with Gasteiger partial charge in [0.1, 0.15) is 0 Å². The molecule has 1 aromatic carbocycles. The van der Waals surface area contributed by atoms with Crippen molar-refractivity contribution in [2.45, 2.75) is 13.5 Å². The summed E-state index contributed by atoms with van der Waals surface area (Å²) in [5, 5.41) is 3.02. The van der Waals surface area contributed by atoms with Gasteiger partial charge >= 0.3 is 0 Å². The van der Waals surface area contributed by atoms with Crippen molar-refractivity contribution < 1.29 is 4.79 Å². The van der Waals surface area contributed by atoms with Crippen LogP contribution in [0.4, 0.5) is 5.69 Å². The standard InChI is InChI=1S/C16H19N3O/c1-12-5-4-6-13(9-12)11-19(3)16(20)14-10-18-8-7-15(14)17-2/h4-10H,11H2,1-3H3,(H,17,18). The minimum atomic E-state index is -0.0380. The molecule has 0 aliphatic heterocycles. The highest BCUT2D eigenvalue weighted by molar-refractivity contribution is 5.99. The second kappa shape index (κ2) is 6.19. The van der Waals surface area contributed by atoms with Crippen molar-refractivity contribution in [3.63, 3.8) is 0 Å². The van der Waals surface area contributed by atoms with Crippen molar-refractivity contribution in [2.24, 2.45) is 0 Å². The van der Waals surface area contributed by atoms with Gasteiger partial charge in [0.05, 0.1) is 5.56 Å². The van der Waals surface area contributed by atoms with Gasteiger partial charge in [-0.3, -0.25) is 9.78 Å². The smallest absolute Gasteiger partial charge is 0.257 e. The maximum Gasteiger partial charge on any atom is 0.257 e. The van der Waals surface area contributed by atoms with Crippen molar-refractivity contribution in [1.29, 1.82) is 0 Å². The van der Waals surface area contributed by atoms with Crippen LogP contribution in [0.2, 0.25) is 0 Å². The van der Waals surface area contributed by atoms with E-state index in [0.717, 1.165) is 11.3 Å². The molecule has 1 N–H and O–H groups in total. The van der Waals surface area contributed by atoms with E-state index in [-0.39, 0.29) is 5.91 Å². The molecule has 1 amide bonds. The largest absolute Gasteiger partial charge is 0.387 e. The van der Waals surface area contributed by atoms with Crippen molar-refractivity contribution in [3.8, 4) is 0 Å². The molecule has 4 nitrogen and oxygen atoms in total. The molecule has 4 heteroatoms. The Hall–Kier alpha value is -2.36. The zero-order valence-electron chi connectivity index (χ0n) is 12.1. The van der Waals surface area contributed by atoms with Crippen LogP contribution in [0.5, 0.6) is 0 Å². The maximum absolute atomic E-state index is 12.5. The predicted octanol–water partition coefficient (Wildman–Crippen LogP) is 2.70. The summed E-state index contributed by atoms with van der Waals surface area (Å²) in [4.78, 5) is 18.2. The van der Waals surface area contributed by atoms with Crippen LogP contribution in [0, 0.1) is 6.92 Å². The first-order valence-electron chi connectivity index (χ1n) is 6.54. The van der Waals surface area contributed by atoms with Gasteiger partial charge < -0.3 is 10.2 Å². The lowest BCUT2D eigenvalue weighted by Crippen LogP contribution is -2.27. The third-order valence-corrected chi connectivity index (χ3v) is 3.17. The number of nitrogens with one attached hydrogen (secondary N) is 1. The summed E-state index contributed by atoms with van der Waals surface area (Å²) < 4.78 is 0. The van der Waals surface area contributed by atoms with Crippen LogP contribution in [0.25, 0.3) is 0 Å². The number of carbonyl (C=O) groups is 1. The quantitative estimate of drug-likeness (QED) is 0.928. The molecule has 0 saturated heterocycles. The Balaban J connectivity index is 2.16. The molecule has 104 valence electrons. The van der Waals surface area contributed by atoms with E-state index in [1.54, 1.807) is 37.5 Å². The van der Waals surface area contributed by atoms with E-state index in [2.05, 4.69) is 16.4 Å². The molecular weight excluding hydrogens is 250 g/mol. The molecule has 0 spiro atoms. The number of aromatic nitrogens is 1. The van der Waals surface area contributed by atoms with Crippen LogP contribution >= 0.6 is 0 Å². The van der Waals surface area contributed by atoms with E-state index in [4.69, 9.17) is 0 Å². The Morgan fingerprint density at radius 3 is 2.85 bits per heavy atom. The number of nitrogens with zero attached hydrogens (tertiary/aromatic N) is 2. The monoisotopic (exact) mass is 269 g/mol. The number of aryl methyl sites for hydroxylation is 1. The Bertz CT molecular complexity index is 610. The van der Waals surface area contributed by atoms with Crippen molar-refractivity contribution in [2.75, 3.05) is 19.4 Å². The summed E-state index contributed by atoms with van der Waals surface area (Å²) >= 11 is 0. The molecule has 0 fully saturated rings. The van der Waals surface area contributed by atoms with E-state index in [1.165, 1.54) is 5.56 Å². The third-order valence-electron chi connectivity index (χ3n) is 3.17. The molecule has 0 aliphatic rings. The number of rotatable bonds is 4. The summed E-state index contributed by atoms with van der Waals surface area (Å²) in [7, 11) is 3.60. The minimum absolute atomic E-state index is 0.0380. The van der Waals surface area contributed by atoms with Crippen LogP contribution in [-0.2, 0) is 6.54 Å². The molecule has 0 aliphatic carbocycles. The summed E-state index contributed by atoms with van der Waals surface area (Å²) in [5.41, 5.74) is 3.70. The van der Waals surface area contributed by atoms with Gasteiger partial charge in [0.25, 0.3) is 5.91 Å². The van der Waals surface area contributed by atoms with Gasteiger partial charge in [0, 0.05) is 38.7 Å². The van der Waals surface area contributed by atoms with Gasteiger partial charge in [-0.2, -0.15) is 0 Å². The van der Waals surface area contributed by atoms with Crippen LogP contribution in [0.1, 0.15) is 21.5 Å². The lowest BCUT2D eigenvalue weighted by molar-refractivity contribution is 0.0785. The number of carbonyl (C=O) groups excluding carboxylic acids is 1. The summed E-state index contributed by atoms with van der Waals surface area (Å²) in [6.07, 6.45) is 3.27. The van der Waals surface area contributed by atoms with Gasteiger partial charge in [-0.15, -0.1) is 0 Å². The first kappa shape index (κ1) is 14.1. The average Bonchev–Trinajstić information content (AvgIpc) is 2.46. The van der Waals surface area contributed by atoms with Crippen LogP contribution in [0.15, 0.2) is 42.7 Å². The van der Waals surface area contributed by atoms with Gasteiger partial charge in [0.2, 0.25) is 0 Å². The summed E-state index contributed by atoms with van der Waals surface area (Å²) in [6, 6.07) is 9.97. The van der Waals surface area contributed by atoms with Crippen LogP contribution in [-0.4, -0.2) is 29.9 Å². The molecule has 1 heterocycles. The van der Waals surface area contributed by atoms with Crippen LogP contribution < -0.4 is 5.32 Å². The Morgan fingerprint density at radius 1 is 1.35 bits per heavy atom. The molecule has 1 aromatic heterocycles. The number of pyridine rings is 1. The van der Waals surface area contributed by atoms with E-state index in [0.29, 0.717) is 12.1 Å². The van der Waals surface area contributed by atoms with Gasteiger partial charge in [-0.1, -0.05) is 29.8 Å². The van der Waals surface area contributed by atoms with Crippen molar-refractivity contribution in [3.05, 3.63) is 59.4 Å². The number of anilines is 1. The van der Waals surface area contributed by atoms with Crippen molar-refractivity contribution in [1.82, 2.24) is 9.88 Å². The number of amides is 1. The average molecular weight is 269 g/mol. The molecular formula is C16H19N3O. The zero-order chi connectivity index (χ0) is 14.5.